The second kappa shape index (κ2) is 7.60. The summed E-state index contributed by atoms with van der Waals surface area (Å²) in [6, 6.07) is 14.6. The fourth-order valence-corrected chi connectivity index (χ4v) is 2.89. The number of carbonyl (C=O) groups is 2. The molecule has 0 radical (unpaired) electrons. The van der Waals surface area contributed by atoms with Gasteiger partial charge in [-0.3, -0.25) is 9.59 Å². The molecule has 2 aromatic rings. The zero-order valence-electron chi connectivity index (χ0n) is 15.4. The molecule has 136 valence electrons. The van der Waals surface area contributed by atoms with Gasteiger partial charge in [-0.2, -0.15) is 0 Å². The van der Waals surface area contributed by atoms with Crippen LogP contribution < -0.4 is 10.1 Å². The van der Waals surface area contributed by atoms with Crippen molar-refractivity contribution in [3.05, 3.63) is 59.7 Å². The van der Waals surface area contributed by atoms with Crippen LogP contribution in [0.5, 0.6) is 5.75 Å². The Morgan fingerprint density at radius 3 is 2.38 bits per heavy atom. The van der Waals surface area contributed by atoms with Gasteiger partial charge in [0, 0.05) is 29.8 Å². The Morgan fingerprint density at radius 1 is 1.12 bits per heavy atom. The molecule has 5 heteroatoms. The van der Waals surface area contributed by atoms with Gasteiger partial charge < -0.3 is 15.0 Å². The fourth-order valence-electron chi connectivity index (χ4n) is 2.89. The molecular formula is C21H24N2O3. The van der Waals surface area contributed by atoms with Gasteiger partial charge in [0.1, 0.15) is 5.75 Å². The van der Waals surface area contributed by atoms with Gasteiger partial charge >= 0.3 is 0 Å². The normalized spacial score (nSPS) is 14.4. The Hall–Kier alpha value is -2.82. The number of benzene rings is 2. The van der Waals surface area contributed by atoms with Gasteiger partial charge in [-0.15, -0.1) is 0 Å². The van der Waals surface area contributed by atoms with Gasteiger partial charge in [0.05, 0.1) is 13.2 Å². The maximum atomic E-state index is 12.8. The molecule has 1 aliphatic carbocycles. The molecule has 0 bridgehead atoms. The van der Waals surface area contributed by atoms with Crippen molar-refractivity contribution in [1.29, 1.82) is 0 Å². The van der Waals surface area contributed by atoms with Crippen LogP contribution in [0.2, 0.25) is 0 Å². The van der Waals surface area contributed by atoms with Crippen LogP contribution in [-0.4, -0.2) is 30.9 Å². The number of methoxy groups -OCH3 is 1. The summed E-state index contributed by atoms with van der Waals surface area (Å²) >= 11 is 0. The van der Waals surface area contributed by atoms with Crippen molar-refractivity contribution in [1.82, 2.24) is 4.90 Å². The minimum atomic E-state index is -0.132. The SMILES string of the molecule is COc1ccccc1[C@@H](C)N(C)C(=O)c1ccc(NC(=O)C2CC2)cc1. The first-order chi connectivity index (χ1) is 12.5. The van der Waals surface area contributed by atoms with Gasteiger partial charge in [-0.05, 0) is 50.1 Å². The van der Waals surface area contributed by atoms with Crippen LogP contribution in [0, 0.1) is 5.92 Å². The van der Waals surface area contributed by atoms with Crippen LogP contribution in [0.4, 0.5) is 5.69 Å². The molecule has 1 aliphatic rings. The van der Waals surface area contributed by atoms with Crippen LogP contribution in [0.1, 0.15) is 41.7 Å². The van der Waals surface area contributed by atoms with E-state index in [-0.39, 0.29) is 23.8 Å². The molecule has 0 heterocycles. The van der Waals surface area contributed by atoms with E-state index in [1.54, 1.807) is 43.3 Å². The number of rotatable bonds is 6. The van der Waals surface area contributed by atoms with Crippen LogP contribution in [-0.2, 0) is 4.79 Å². The Bertz CT molecular complexity index is 797. The number of carbonyl (C=O) groups excluding carboxylic acids is 2. The molecule has 1 N–H and O–H groups in total. The predicted molar refractivity (Wildman–Crippen MR) is 101 cm³/mol. The first-order valence-electron chi connectivity index (χ1n) is 8.82. The molecule has 0 unspecified atom stereocenters. The second-order valence-corrected chi connectivity index (χ2v) is 6.67. The summed E-state index contributed by atoms with van der Waals surface area (Å²) in [6.45, 7) is 1.97. The molecular weight excluding hydrogens is 328 g/mol. The van der Waals surface area contributed by atoms with Crippen LogP contribution in [0.15, 0.2) is 48.5 Å². The van der Waals surface area contributed by atoms with Gasteiger partial charge in [-0.1, -0.05) is 18.2 Å². The van der Waals surface area contributed by atoms with Crippen molar-refractivity contribution in [2.45, 2.75) is 25.8 Å². The lowest BCUT2D eigenvalue weighted by atomic mass is 10.0. The molecule has 2 amide bonds. The lowest BCUT2D eigenvalue weighted by Gasteiger charge is -2.26. The number of nitrogens with zero attached hydrogens (tertiary/aromatic N) is 1. The number of anilines is 1. The number of hydrogen-bond donors (Lipinski definition) is 1. The Morgan fingerprint density at radius 2 is 1.77 bits per heavy atom. The highest BCUT2D eigenvalue weighted by Crippen LogP contribution is 2.31. The highest BCUT2D eigenvalue weighted by molar-refractivity contribution is 5.96. The lowest BCUT2D eigenvalue weighted by Crippen LogP contribution is -2.29. The van der Waals surface area contributed by atoms with E-state index < -0.39 is 0 Å². The summed E-state index contributed by atoms with van der Waals surface area (Å²) in [4.78, 5) is 26.3. The van der Waals surface area contributed by atoms with Crippen molar-refractivity contribution in [2.24, 2.45) is 5.92 Å². The van der Waals surface area contributed by atoms with Gasteiger partial charge in [0.15, 0.2) is 0 Å². The largest absolute Gasteiger partial charge is 0.496 e. The van der Waals surface area contributed by atoms with E-state index in [2.05, 4.69) is 5.32 Å². The van der Waals surface area contributed by atoms with E-state index in [9.17, 15) is 9.59 Å². The van der Waals surface area contributed by atoms with Gasteiger partial charge in [0.2, 0.25) is 5.91 Å². The molecule has 0 aliphatic heterocycles. The summed E-state index contributed by atoms with van der Waals surface area (Å²) in [5.74, 6) is 0.899. The maximum Gasteiger partial charge on any atom is 0.254 e. The summed E-state index contributed by atoms with van der Waals surface area (Å²) < 4.78 is 5.40. The number of hydrogen-bond acceptors (Lipinski definition) is 3. The number of para-hydroxylation sites is 1. The molecule has 0 aromatic heterocycles. The number of nitrogens with one attached hydrogen (secondary N) is 1. The van der Waals surface area contributed by atoms with Crippen LogP contribution in [0.25, 0.3) is 0 Å². The molecule has 1 fully saturated rings. The lowest BCUT2D eigenvalue weighted by molar-refractivity contribution is -0.117. The Balaban J connectivity index is 1.70. The summed E-state index contributed by atoms with van der Waals surface area (Å²) in [5, 5.41) is 2.88. The average Bonchev–Trinajstić information content (AvgIpc) is 3.52. The second-order valence-electron chi connectivity index (χ2n) is 6.67. The summed E-state index contributed by atoms with van der Waals surface area (Å²) in [5.41, 5.74) is 2.26. The fraction of sp³-hybridized carbons (Fsp3) is 0.333. The molecule has 3 rings (SSSR count). The Kier molecular flexibility index (Phi) is 5.26. The van der Waals surface area contributed by atoms with Gasteiger partial charge in [0.25, 0.3) is 5.91 Å². The third kappa shape index (κ3) is 3.87. The van der Waals surface area contributed by atoms with Gasteiger partial charge in [-0.25, -0.2) is 0 Å². The zero-order chi connectivity index (χ0) is 18.7. The minimum absolute atomic E-state index is 0.0611. The molecule has 0 saturated heterocycles. The molecule has 1 saturated carbocycles. The third-order valence-corrected chi connectivity index (χ3v) is 4.84. The van der Waals surface area contributed by atoms with E-state index in [1.807, 2.05) is 31.2 Å². The zero-order valence-corrected chi connectivity index (χ0v) is 15.4. The Labute approximate surface area is 154 Å². The van der Waals surface area contributed by atoms with Crippen LogP contribution >= 0.6 is 0 Å². The average molecular weight is 352 g/mol. The highest BCUT2D eigenvalue weighted by Gasteiger charge is 2.29. The smallest absolute Gasteiger partial charge is 0.254 e. The summed E-state index contributed by atoms with van der Waals surface area (Å²) in [7, 11) is 3.41. The van der Waals surface area contributed by atoms with E-state index in [1.165, 1.54) is 0 Å². The van der Waals surface area contributed by atoms with E-state index in [0.29, 0.717) is 5.56 Å². The third-order valence-electron chi connectivity index (χ3n) is 4.84. The molecule has 0 spiro atoms. The molecule has 1 atom stereocenters. The predicted octanol–water partition coefficient (Wildman–Crippen LogP) is 3.88. The van der Waals surface area contributed by atoms with Crippen LogP contribution in [0.3, 0.4) is 0 Å². The monoisotopic (exact) mass is 352 g/mol. The summed E-state index contributed by atoms with van der Waals surface area (Å²) in [6.07, 6.45) is 1.93. The van der Waals surface area contributed by atoms with Crippen molar-refractivity contribution < 1.29 is 14.3 Å². The van der Waals surface area contributed by atoms with E-state index in [0.717, 1.165) is 29.8 Å². The standard InChI is InChI=1S/C21H24N2O3/c1-14(18-6-4-5-7-19(18)26-3)23(2)21(25)16-10-12-17(13-11-16)22-20(24)15-8-9-15/h4-7,10-15H,8-9H2,1-3H3,(H,22,24)/t14-/m1/s1. The van der Waals surface area contributed by atoms with Crippen molar-refractivity contribution in [3.63, 3.8) is 0 Å². The highest BCUT2D eigenvalue weighted by atomic mass is 16.5. The first-order valence-corrected chi connectivity index (χ1v) is 8.82. The van der Waals surface area contributed by atoms with Crippen molar-refractivity contribution in [3.8, 4) is 5.75 Å². The van der Waals surface area contributed by atoms with Crippen molar-refractivity contribution >= 4 is 17.5 Å². The first kappa shape index (κ1) is 18.0. The molecule has 2 aromatic carbocycles. The van der Waals surface area contributed by atoms with E-state index >= 15 is 0 Å². The maximum absolute atomic E-state index is 12.8. The van der Waals surface area contributed by atoms with Crippen molar-refractivity contribution in [2.75, 3.05) is 19.5 Å². The van der Waals surface area contributed by atoms with E-state index in [4.69, 9.17) is 4.74 Å². The molecule has 5 nitrogen and oxygen atoms in total. The quantitative estimate of drug-likeness (QED) is 0.858. The number of ether oxygens (including phenoxy) is 1. The topological polar surface area (TPSA) is 58.6 Å². The minimum Gasteiger partial charge on any atom is -0.496 e. The number of amides is 2. The molecule has 26 heavy (non-hydrogen) atoms.